The highest BCUT2D eigenvalue weighted by atomic mass is 35.5. The van der Waals surface area contributed by atoms with Crippen LogP contribution < -0.4 is 71.0 Å². The Hall–Kier alpha value is -14.9. The van der Waals surface area contributed by atoms with Gasteiger partial charge in [0, 0.05) is 119 Å². The number of carbonyl (C=O) groups is 8. The van der Waals surface area contributed by atoms with E-state index in [0.717, 1.165) is 69.5 Å². The van der Waals surface area contributed by atoms with Crippen molar-refractivity contribution in [2.24, 2.45) is 0 Å². The third-order valence-electron chi connectivity index (χ3n) is 18.0. The molecule has 0 saturated heterocycles. The molecule has 26 nitrogen and oxygen atoms in total. The molecular formula is C88H68Cl2F6N12O14. The number of fused-ring (bicyclic) bond motifs is 4. The number of benzene rings is 8. The molecule has 8 aromatic carbocycles. The monoisotopic (exact) mass is 1700 g/mol. The number of ether oxygens (including phenoxy) is 6. The second-order valence-electron chi connectivity index (χ2n) is 27.0. The minimum atomic E-state index is -4.63. The number of rotatable bonds is 24. The van der Waals surface area contributed by atoms with Crippen molar-refractivity contribution >= 4 is 116 Å². The molecule has 4 aliphatic rings. The quantitative estimate of drug-likeness (QED) is 0.0206. The summed E-state index contributed by atoms with van der Waals surface area (Å²) >= 11 is 11.2. The van der Waals surface area contributed by atoms with Crippen molar-refractivity contribution in [1.82, 2.24) is 19.9 Å². The van der Waals surface area contributed by atoms with Crippen molar-refractivity contribution < 1.29 is 93.1 Å². The fraction of sp³-hybridized carbons (Fsp3) is 0.136. The zero-order valence-corrected chi connectivity index (χ0v) is 65.2. The molecule has 34 heteroatoms. The van der Waals surface area contributed by atoms with Crippen LogP contribution >= 0.6 is 23.2 Å². The normalized spacial score (nSPS) is 12.5. The molecule has 8 N–H and O–H groups in total. The number of para-hydroxylation sites is 2. The molecular weight excluding hydrogens is 1630 g/mol. The lowest BCUT2D eigenvalue weighted by Crippen LogP contribution is -2.22. The fourth-order valence-corrected chi connectivity index (χ4v) is 12.7. The van der Waals surface area contributed by atoms with E-state index in [9.17, 15) is 64.7 Å². The third kappa shape index (κ3) is 23.7. The Balaban J connectivity index is 0.000000141. The first kappa shape index (κ1) is 85.0. The maximum absolute atomic E-state index is 13.0. The summed E-state index contributed by atoms with van der Waals surface area (Å²) in [7, 11) is 0. The number of anilines is 8. The van der Waals surface area contributed by atoms with Crippen LogP contribution in [0.4, 0.5) is 71.8 Å². The Morgan fingerprint density at radius 3 is 0.918 bits per heavy atom. The van der Waals surface area contributed by atoms with Gasteiger partial charge in [0.25, 0.3) is 0 Å². The number of amides is 4. The van der Waals surface area contributed by atoms with Gasteiger partial charge in [-0.1, -0.05) is 59.6 Å². The van der Waals surface area contributed by atoms with Gasteiger partial charge in [0.2, 0.25) is 23.6 Å². The van der Waals surface area contributed by atoms with E-state index in [1.165, 1.54) is 18.3 Å². The van der Waals surface area contributed by atoms with E-state index in [1.54, 1.807) is 116 Å². The molecule has 0 radical (unpaired) electrons. The van der Waals surface area contributed by atoms with E-state index in [0.29, 0.717) is 100 Å². The van der Waals surface area contributed by atoms with Crippen LogP contribution in [0.15, 0.2) is 243 Å². The summed E-state index contributed by atoms with van der Waals surface area (Å²) in [5, 5.41) is 21.4. The van der Waals surface area contributed by atoms with E-state index in [1.807, 2.05) is 84.9 Å². The summed E-state index contributed by atoms with van der Waals surface area (Å²) in [6.45, 7) is -0.0415. The Kier molecular flexibility index (Phi) is 27.2. The number of nitrogens with one attached hydrogen (secondary N) is 8. The minimum absolute atomic E-state index is 0.00867. The lowest BCUT2D eigenvalue weighted by atomic mass is 10.2. The molecule has 122 heavy (non-hydrogen) atoms. The van der Waals surface area contributed by atoms with Gasteiger partial charge in [0.05, 0.1) is 83.0 Å². The number of halogens is 8. The van der Waals surface area contributed by atoms with Gasteiger partial charge in [-0.05, 0) is 170 Å². The number of Topliss-reactive ketones (excluding diaryl/α,β-unsaturated/α-hetero) is 2. The van der Waals surface area contributed by atoms with Crippen LogP contribution in [0.1, 0.15) is 45.0 Å². The van der Waals surface area contributed by atoms with Crippen LogP contribution in [0.3, 0.4) is 0 Å². The number of aromatic nitrogens is 4. The van der Waals surface area contributed by atoms with Crippen molar-refractivity contribution in [2.75, 3.05) is 68.7 Å². The molecule has 0 fully saturated rings. The Labute approximate surface area is 700 Å². The number of hydrogen-bond acceptors (Lipinski definition) is 22. The second kappa shape index (κ2) is 39.1. The molecule has 16 rings (SSSR count). The summed E-state index contributed by atoms with van der Waals surface area (Å²) in [4.78, 5) is 111. The summed E-state index contributed by atoms with van der Waals surface area (Å²) in [6, 6.07) is 59.4. The van der Waals surface area contributed by atoms with E-state index >= 15 is 0 Å². The van der Waals surface area contributed by atoms with Crippen LogP contribution in [-0.4, -0.2) is 93.2 Å². The van der Waals surface area contributed by atoms with Crippen LogP contribution in [-0.2, 0) is 89.2 Å². The number of ketones is 2. The highest BCUT2D eigenvalue weighted by Crippen LogP contribution is 2.42. The van der Waals surface area contributed by atoms with E-state index < -0.39 is 51.3 Å². The first-order valence-corrected chi connectivity index (χ1v) is 37.9. The Morgan fingerprint density at radius 1 is 0.328 bits per heavy atom. The molecule has 0 bridgehead atoms. The van der Waals surface area contributed by atoms with Gasteiger partial charge in [-0.25, -0.2) is 0 Å². The highest BCUT2D eigenvalue weighted by Gasteiger charge is 2.36. The number of carbonyl (C=O) groups excluding carboxylic acids is 8. The molecule has 0 unspecified atom stereocenters. The third-order valence-corrected chi connectivity index (χ3v) is 18.6. The molecule has 0 atom stereocenters. The lowest BCUT2D eigenvalue weighted by Gasteiger charge is -2.13. The minimum Gasteiger partial charge on any atom is -0.457 e. The summed E-state index contributed by atoms with van der Waals surface area (Å²) < 4.78 is 111. The topological polar surface area (TPSA) is 340 Å². The first-order valence-electron chi connectivity index (χ1n) is 37.2. The van der Waals surface area contributed by atoms with E-state index in [4.69, 9.17) is 51.6 Å². The first-order chi connectivity index (χ1) is 58.7. The zero-order chi connectivity index (χ0) is 85.9. The second-order valence-corrected chi connectivity index (χ2v) is 27.8. The van der Waals surface area contributed by atoms with E-state index in [2.05, 4.69) is 62.5 Å². The summed E-state index contributed by atoms with van der Waals surface area (Å²) in [6.07, 6.45) is -1.30. The molecule has 2 aliphatic carbocycles. The van der Waals surface area contributed by atoms with Crippen LogP contribution in [0.25, 0.3) is 0 Å². The standard InChI is InChI=1S/C23H17ClF3N3O3.C22H15ClF3N3O4.C22H19N3O3.C21H17N3O4/c24-19-6-3-14(9-18(19)23(25,26)27)30-22(32)12-29-13-1-4-16(5-2-13)33-21-7-8-28-20-11-15(31)10-17(20)21;23-16-6-3-13(9-15(16)22(24,25)26)29-19(30)11-28-12-1-4-14(5-2-12)32-18-7-8-27-17-10-20(31)33-21(17)18;26-17-12-19-20(13-17)23-11-10-21(19)28-18-8-6-15(7-9-18)24-14-22(27)25-16-4-2-1-3-5-16;25-19(24-15-4-2-1-3-5-15)13-23-14-6-8-16(9-7-14)27-18-10-11-22-17-12-20(26)28-21(17)18/h1-9,29H,10-12H2,(H,30,32);1-9,28H,10-11H2,(H,29,30);1-11,24H,12-14H2,(H,25,27);1-11,23H,12-13H2,(H,24,25). The molecule has 620 valence electrons. The van der Waals surface area contributed by atoms with Crippen molar-refractivity contribution in [3.8, 4) is 57.5 Å². The van der Waals surface area contributed by atoms with Crippen LogP contribution in [0, 0.1) is 0 Å². The number of alkyl halides is 6. The Morgan fingerprint density at radius 2 is 0.607 bits per heavy atom. The molecule has 0 saturated carbocycles. The van der Waals surface area contributed by atoms with Gasteiger partial charge in [-0.3, -0.25) is 58.3 Å². The van der Waals surface area contributed by atoms with E-state index in [-0.39, 0.29) is 85.5 Å². The summed E-state index contributed by atoms with van der Waals surface area (Å²) in [5.74, 6) is 3.12. The van der Waals surface area contributed by atoms with Gasteiger partial charge in [-0.2, -0.15) is 26.3 Å². The molecule has 12 aromatic rings. The maximum Gasteiger partial charge on any atom is 0.417 e. The van der Waals surface area contributed by atoms with Crippen LogP contribution in [0.5, 0.6) is 57.5 Å². The molecule has 0 spiro atoms. The molecule has 4 amide bonds. The average molecular weight is 1700 g/mol. The van der Waals surface area contributed by atoms with Gasteiger partial charge in [0.15, 0.2) is 23.0 Å². The average Bonchev–Trinajstić information content (AvgIpc) is 1.68. The van der Waals surface area contributed by atoms with Gasteiger partial charge in [0.1, 0.15) is 46.1 Å². The van der Waals surface area contributed by atoms with Crippen molar-refractivity contribution in [2.45, 2.75) is 50.9 Å². The molecule has 4 aromatic heterocycles. The Bertz CT molecular complexity index is 5510. The number of hydrogen-bond donors (Lipinski definition) is 8. The number of pyridine rings is 4. The zero-order valence-electron chi connectivity index (χ0n) is 63.7. The van der Waals surface area contributed by atoms with Gasteiger partial charge >= 0.3 is 24.3 Å². The van der Waals surface area contributed by atoms with Crippen LogP contribution in [0.2, 0.25) is 10.0 Å². The maximum atomic E-state index is 13.0. The summed E-state index contributed by atoms with van der Waals surface area (Å²) in [5.41, 5.74) is 6.48. The van der Waals surface area contributed by atoms with Gasteiger partial charge < -0.3 is 71.0 Å². The van der Waals surface area contributed by atoms with Crippen molar-refractivity contribution in [3.63, 3.8) is 0 Å². The number of esters is 2. The van der Waals surface area contributed by atoms with Gasteiger partial charge in [-0.15, -0.1) is 0 Å². The largest absolute Gasteiger partial charge is 0.457 e. The SMILES string of the molecule is O=C(CNc1ccc(Oc2ccnc3c2OC(=O)C3)cc1)Nc1ccc(Cl)c(C(F)(F)F)c1.O=C(CNc1ccc(Oc2ccnc3c2OC(=O)C3)cc1)Nc1ccccc1.O=C1Cc2nccc(Oc3ccc(NCC(=O)Nc4ccc(Cl)c(C(F)(F)F)c4)cc3)c2C1.O=C1Cc2nccc(Oc3ccc(NCC(=O)Nc4ccccc4)cc3)c2C1. The number of nitrogens with zero attached hydrogens (tertiary/aromatic N) is 4. The van der Waals surface area contributed by atoms with Crippen molar-refractivity contribution in [1.29, 1.82) is 0 Å². The molecule has 6 heterocycles. The molecule has 2 aliphatic heterocycles. The van der Waals surface area contributed by atoms with Crippen molar-refractivity contribution in [3.05, 3.63) is 298 Å². The highest BCUT2D eigenvalue weighted by molar-refractivity contribution is 6.32. The lowest BCUT2D eigenvalue weighted by molar-refractivity contribution is -0.138. The fourth-order valence-electron chi connectivity index (χ4n) is 12.3. The predicted octanol–water partition coefficient (Wildman–Crippen LogP) is 17.3. The smallest absolute Gasteiger partial charge is 0.417 e. The predicted molar refractivity (Wildman–Crippen MR) is 441 cm³/mol.